The van der Waals surface area contributed by atoms with Gasteiger partial charge in [0.25, 0.3) is 0 Å². The molecule has 0 saturated heterocycles. The van der Waals surface area contributed by atoms with Gasteiger partial charge in [0.05, 0.1) is 0 Å². The number of nitrogens with one attached hydrogen (secondary N) is 1. The lowest BCUT2D eigenvalue weighted by Gasteiger charge is -2.26. The summed E-state index contributed by atoms with van der Waals surface area (Å²) >= 11 is 0. The van der Waals surface area contributed by atoms with Crippen molar-refractivity contribution in [1.29, 1.82) is 0 Å². The van der Waals surface area contributed by atoms with E-state index in [9.17, 15) is 0 Å². The first-order chi connectivity index (χ1) is 16.2. The standard InChI is InChI=1S/C30H41N3/c1-22-6-5-9-24(18-22)25-10-15-30-29(19-25)26(16-17-32-28-13-11-27(31)12-14-28)21-33(30)20-23-7-3-2-4-8-23/h5-6,9-10,15,18-19,21,23,27-28,32H,2-4,7-8,11-14,16-17,20,31H2,1H3. The second kappa shape index (κ2) is 10.4. The van der Waals surface area contributed by atoms with Gasteiger partial charge in [-0.15, -0.1) is 0 Å². The zero-order valence-electron chi connectivity index (χ0n) is 20.4. The summed E-state index contributed by atoms with van der Waals surface area (Å²) in [4.78, 5) is 0. The highest BCUT2D eigenvalue weighted by Gasteiger charge is 2.19. The number of aryl methyl sites for hydroxylation is 1. The Bertz CT molecular complexity index is 1050. The van der Waals surface area contributed by atoms with E-state index < -0.39 is 0 Å². The van der Waals surface area contributed by atoms with Gasteiger partial charge >= 0.3 is 0 Å². The highest BCUT2D eigenvalue weighted by atomic mass is 15.0. The Morgan fingerprint density at radius 2 is 1.70 bits per heavy atom. The molecule has 0 spiro atoms. The van der Waals surface area contributed by atoms with Crippen molar-refractivity contribution in [3.63, 3.8) is 0 Å². The Hall–Kier alpha value is -2.10. The number of hydrogen-bond acceptors (Lipinski definition) is 2. The molecule has 0 amide bonds. The van der Waals surface area contributed by atoms with Gasteiger partial charge in [0.15, 0.2) is 0 Å². The third kappa shape index (κ3) is 5.53. The minimum Gasteiger partial charge on any atom is -0.347 e. The van der Waals surface area contributed by atoms with Crippen molar-refractivity contribution in [1.82, 2.24) is 9.88 Å². The SMILES string of the molecule is Cc1cccc(-c2ccc3c(c2)c(CCNC2CCC(N)CC2)cn3CC2CCCCC2)c1. The van der Waals surface area contributed by atoms with E-state index in [1.165, 1.54) is 84.6 Å². The molecule has 2 saturated carbocycles. The van der Waals surface area contributed by atoms with Crippen LogP contribution >= 0.6 is 0 Å². The fourth-order valence-corrected chi connectivity index (χ4v) is 6.11. The first-order valence-corrected chi connectivity index (χ1v) is 13.3. The van der Waals surface area contributed by atoms with Gasteiger partial charge in [-0.1, -0.05) is 55.2 Å². The summed E-state index contributed by atoms with van der Waals surface area (Å²) < 4.78 is 2.57. The number of benzene rings is 2. The number of nitrogens with zero attached hydrogens (tertiary/aromatic N) is 1. The van der Waals surface area contributed by atoms with Crippen LogP contribution in [0.1, 0.15) is 68.9 Å². The van der Waals surface area contributed by atoms with Gasteiger partial charge in [-0.2, -0.15) is 0 Å². The Morgan fingerprint density at radius 3 is 2.48 bits per heavy atom. The maximum atomic E-state index is 6.10. The van der Waals surface area contributed by atoms with Crippen LogP contribution in [0, 0.1) is 12.8 Å². The Morgan fingerprint density at radius 1 is 0.909 bits per heavy atom. The molecule has 2 fully saturated rings. The zero-order chi connectivity index (χ0) is 22.6. The number of nitrogens with two attached hydrogens (primary N) is 1. The Balaban J connectivity index is 1.38. The molecule has 2 aromatic carbocycles. The molecule has 1 aromatic heterocycles. The van der Waals surface area contributed by atoms with Crippen LogP contribution in [-0.4, -0.2) is 23.2 Å². The van der Waals surface area contributed by atoms with Gasteiger partial charge in [-0.3, -0.25) is 0 Å². The summed E-state index contributed by atoms with van der Waals surface area (Å²) in [5.74, 6) is 0.836. The maximum absolute atomic E-state index is 6.10. The molecule has 2 aliphatic rings. The van der Waals surface area contributed by atoms with Crippen molar-refractivity contribution in [2.45, 2.75) is 89.8 Å². The van der Waals surface area contributed by atoms with Crippen molar-refractivity contribution in [3.8, 4) is 11.1 Å². The summed E-state index contributed by atoms with van der Waals surface area (Å²) in [5.41, 5.74) is 13.0. The lowest BCUT2D eigenvalue weighted by atomic mass is 9.89. The first-order valence-electron chi connectivity index (χ1n) is 13.3. The van der Waals surface area contributed by atoms with Gasteiger partial charge in [0.1, 0.15) is 0 Å². The summed E-state index contributed by atoms with van der Waals surface area (Å²) in [6.07, 6.45) is 15.4. The molecule has 0 aliphatic heterocycles. The Labute approximate surface area is 199 Å². The normalized spacial score (nSPS) is 22.1. The quantitative estimate of drug-likeness (QED) is 0.432. The maximum Gasteiger partial charge on any atom is 0.0483 e. The van der Waals surface area contributed by atoms with Gasteiger partial charge in [-0.05, 0) is 93.2 Å². The van der Waals surface area contributed by atoms with Crippen LogP contribution in [0.3, 0.4) is 0 Å². The second-order valence-corrected chi connectivity index (χ2v) is 10.7. The third-order valence-corrected chi connectivity index (χ3v) is 8.09. The molecule has 5 rings (SSSR count). The lowest BCUT2D eigenvalue weighted by molar-refractivity contribution is 0.322. The van der Waals surface area contributed by atoms with Crippen molar-refractivity contribution < 1.29 is 0 Å². The van der Waals surface area contributed by atoms with Crippen molar-refractivity contribution in [3.05, 3.63) is 59.8 Å². The molecular weight excluding hydrogens is 402 g/mol. The van der Waals surface area contributed by atoms with E-state index in [1.54, 1.807) is 0 Å². The average molecular weight is 444 g/mol. The molecule has 3 N–H and O–H groups in total. The smallest absolute Gasteiger partial charge is 0.0483 e. The molecule has 0 radical (unpaired) electrons. The number of fused-ring (bicyclic) bond motifs is 1. The van der Waals surface area contributed by atoms with Gasteiger partial charge in [-0.25, -0.2) is 0 Å². The molecule has 176 valence electrons. The topological polar surface area (TPSA) is 43.0 Å². The van der Waals surface area contributed by atoms with Gasteiger partial charge in [0, 0.05) is 35.7 Å². The molecule has 0 bridgehead atoms. The van der Waals surface area contributed by atoms with E-state index >= 15 is 0 Å². The van der Waals surface area contributed by atoms with E-state index in [0.29, 0.717) is 12.1 Å². The van der Waals surface area contributed by atoms with Crippen LogP contribution in [0.2, 0.25) is 0 Å². The highest BCUT2D eigenvalue weighted by molar-refractivity contribution is 5.88. The van der Waals surface area contributed by atoms with E-state index in [4.69, 9.17) is 5.73 Å². The molecular formula is C30H41N3. The largest absolute Gasteiger partial charge is 0.347 e. The van der Waals surface area contributed by atoms with Crippen LogP contribution in [0.5, 0.6) is 0 Å². The van der Waals surface area contributed by atoms with Gasteiger partial charge < -0.3 is 15.6 Å². The molecule has 3 nitrogen and oxygen atoms in total. The van der Waals surface area contributed by atoms with Crippen LogP contribution in [0.4, 0.5) is 0 Å². The van der Waals surface area contributed by atoms with Crippen molar-refractivity contribution >= 4 is 10.9 Å². The number of rotatable bonds is 7. The molecule has 1 heterocycles. The molecule has 33 heavy (non-hydrogen) atoms. The van der Waals surface area contributed by atoms with Crippen LogP contribution in [0.15, 0.2) is 48.7 Å². The van der Waals surface area contributed by atoms with E-state index in [0.717, 1.165) is 31.7 Å². The highest BCUT2D eigenvalue weighted by Crippen LogP contribution is 2.32. The zero-order valence-corrected chi connectivity index (χ0v) is 20.4. The molecule has 0 atom stereocenters. The van der Waals surface area contributed by atoms with Crippen LogP contribution < -0.4 is 11.1 Å². The summed E-state index contributed by atoms with van der Waals surface area (Å²) in [6.45, 7) is 4.41. The summed E-state index contributed by atoms with van der Waals surface area (Å²) in [6, 6.07) is 17.1. The third-order valence-electron chi connectivity index (χ3n) is 8.09. The molecule has 3 aromatic rings. The monoisotopic (exact) mass is 443 g/mol. The molecule has 3 heteroatoms. The van der Waals surface area contributed by atoms with Crippen molar-refractivity contribution in [2.24, 2.45) is 11.7 Å². The average Bonchev–Trinajstić information content (AvgIpc) is 3.17. The number of aromatic nitrogens is 1. The van der Waals surface area contributed by atoms with Crippen LogP contribution in [-0.2, 0) is 13.0 Å². The lowest BCUT2D eigenvalue weighted by Crippen LogP contribution is -2.38. The predicted molar refractivity (Wildman–Crippen MR) is 141 cm³/mol. The first kappa shape index (κ1) is 22.7. The second-order valence-electron chi connectivity index (χ2n) is 10.7. The summed E-state index contributed by atoms with van der Waals surface area (Å²) in [5, 5.41) is 5.28. The predicted octanol–water partition coefficient (Wildman–Crippen LogP) is 6.60. The van der Waals surface area contributed by atoms with E-state index in [-0.39, 0.29) is 0 Å². The minimum absolute atomic E-state index is 0.417. The van der Waals surface area contributed by atoms with Crippen LogP contribution in [0.25, 0.3) is 22.0 Å². The molecule has 2 aliphatic carbocycles. The number of hydrogen-bond donors (Lipinski definition) is 2. The molecule has 0 unspecified atom stereocenters. The van der Waals surface area contributed by atoms with E-state index in [2.05, 4.69) is 65.5 Å². The Kier molecular flexibility index (Phi) is 7.18. The van der Waals surface area contributed by atoms with Gasteiger partial charge in [0.2, 0.25) is 0 Å². The fourth-order valence-electron chi connectivity index (χ4n) is 6.11. The van der Waals surface area contributed by atoms with E-state index in [1.807, 2.05) is 0 Å². The summed E-state index contributed by atoms with van der Waals surface area (Å²) in [7, 11) is 0. The van der Waals surface area contributed by atoms with Crippen molar-refractivity contribution in [2.75, 3.05) is 6.54 Å². The minimum atomic E-state index is 0.417. The fraction of sp³-hybridized carbons (Fsp3) is 0.533.